The molecular formula is C84H130N6O. The van der Waals surface area contributed by atoms with Crippen LogP contribution < -0.4 is 9.80 Å². The summed E-state index contributed by atoms with van der Waals surface area (Å²) < 4.78 is 9.59. The van der Waals surface area contributed by atoms with Crippen LogP contribution in [0, 0.1) is 5.41 Å². The molecule has 0 saturated carbocycles. The highest BCUT2D eigenvalue weighted by atomic mass is 16.5. The van der Waals surface area contributed by atoms with E-state index in [-0.39, 0.29) is 33.0 Å². The van der Waals surface area contributed by atoms with Crippen LogP contribution in [0.5, 0.6) is 0 Å². The maximum Gasteiger partial charge on any atom is 0.167 e. The minimum absolute atomic E-state index is 0.0482. The minimum Gasteiger partial charge on any atom is -0.366 e. The first-order chi connectivity index (χ1) is 43.0. The number of fused-ring (bicyclic) bond motifs is 6. The van der Waals surface area contributed by atoms with Gasteiger partial charge in [-0.05, 0) is 190 Å². The zero-order valence-electron chi connectivity index (χ0n) is 63.5. The van der Waals surface area contributed by atoms with E-state index in [0.717, 1.165) is 23.1 Å². The summed E-state index contributed by atoms with van der Waals surface area (Å²) in [5, 5.41) is 12.1. The Hall–Kier alpha value is -6.86. The van der Waals surface area contributed by atoms with Gasteiger partial charge in [-0.3, -0.25) is 4.68 Å². The molecule has 7 heteroatoms. The van der Waals surface area contributed by atoms with Crippen LogP contribution in [0.4, 0.5) is 11.4 Å². The molecule has 0 amide bonds. The molecule has 0 unspecified atom stereocenters. The highest BCUT2D eigenvalue weighted by Crippen LogP contribution is 2.40. The maximum absolute atomic E-state index is 5.23. The maximum atomic E-state index is 5.23. The molecule has 0 fully saturated rings. The zero-order chi connectivity index (χ0) is 69.6. The number of aromatic nitrogens is 4. The van der Waals surface area contributed by atoms with Crippen molar-refractivity contribution in [3.8, 4) is 0 Å². The number of nitrogens with zero attached hydrogens (tertiary/aromatic N) is 6. The highest BCUT2D eigenvalue weighted by molar-refractivity contribution is 5.81. The molecule has 2 aliphatic heterocycles. The number of aryl methyl sites for hydroxylation is 1. The van der Waals surface area contributed by atoms with Crippen LogP contribution in [0.3, 0.4) is 0 Å². The van der Waals surface area contributed by atoms with E-state index in [9.17, 15) is 0 Å². The van der Waals surface area contributed by atoms with Crippen molar-refractivity contribution in [1.29, 1.82) is 0 Å². The van der Waals surface area contributed by atoms with E-state index < -0.39 is 0 Å². The Balaban J connectivity index is 0.000000528. The molecule has 0 bridgehead atoms. The molecule has 3 aliphatic rings. The Bertz CT molecular complexity index is 3230. The van der Waals surface area contributed by atoms with Crippen molar-refractivity contribution in [1.82, 2.24) is 19.5 Å². The molecule has 502 valence electrons. The van der Waals surface area contributed by atoms with Gasteiger partial charge in [0.25, 0.3) is 0 Å². The predicted octanol–water partition coefficient (Wildman–Crippen LogP) is 25.2. The number of rotatable bonds is 0. The molecule has 5 heterocycles. The van der Waals surface area contributed by atoms with Gasteiger partial charge in [0.1, 0.15) is 0 Å². The average molecular weight is 1240 g/mol. The number of anilines is 2. The summed E-state index contributed by atoms with van der Waals surface area (Å²) in [6, 6.07) is 53.1. The number of hydrogen-bond donors (Lipinski definition) is 0. The van der Waals surface area contributed by atoms with Crippen LogP contribution in [0.2, 0.25) is 0 Å². The fourth-order valence-electron chi connectivity index (χ4n) is 10.9. The van der Waals surface area contributed by atoms with Crippen molar-refractivity contribution in [2.45, 2.75) is 261 Å². The summed E-state index contributed by atoms with van der Waals surface area (Å²) in [7, 11) is 0. The third-order valence-corrected chi connectivity index (χ3v) is 14.8. The second-order valence-electron chi connectivity index (χ2n) is 27.5. The second kappa shape index (κ2) is 38.9. The molecule has 12 rings (SSSR count). The van der Waals surface area contributed by atoms with Gasteiger partial charge in [0.2, 0.25) is 0 Å². The van der Waals surface area contributed by atoms with Gasteiger partial charge in [-0.2, -0.15) is 5.10 Å². The van der Waals surface area contributed by atoms with Crippen LogP contribution in [0.25, 0.3) is 38.3 Å². The fourth-order valence-corrected chi connectivity index (χ4v) is 10.9. The lowest BCUT2D eigenvalue weighted by molar-refractivity contribution is 0.368. The first-order valence-corrected chi connectivity index (χ1v) is 34.9. The zero-order valence-corrected chi connectivity index (χ0v) is 63.5. The Morgan fingerprint density at radius 2 is 0.846 bits per heavy atom. The lowest BCUT2D eigenvalue weighted by Gasteiger charge is -2.41. The van der Waals surface area contributed by atoms with Crippen molar-refractivity contribution in [2.24, 2.45) is 5.41 Å². The van der Waals surface area contributed by atoms with E-state index in [4.69, 9.17) is 4.52 Å². The van der Waals surface area contributed by atoms with Gasteiger partial charge in [-0.1, -0.05) is 245 Å². The van der Waals surface area contributed by atoms with Crippen molar-refractivity contribution < 1.29 is 4.52 Å². The molecule has 0 spiro atoms. The van der Waals surface area contributed by atoms with E-state index in [1.165, 1.54) is 93.4 Å². The standard InChI is InChI=1S/C13H19N.C13H16.C12H17N.C12H15N.C11H14N2.C11H13NO.6C2H6/c1-13(2,3)14-10-6-8-11-7-4-5-9-12(11)14;1-13(2,3)12-9-8-10-6-4-5-7-11(10)12;2*1-12(2,3)13-9-8-10-6-4-5-7-11(10)13;1-11(2,3)13-10-7-5-4-6-9(10)8-12-13;1-11(2,3)10-8-6-4-5-7-9(8)13-12-10;6*1-2/h4-5,7,9H,6,8,10H2,1-3H3;4-7,9H,8H2,1-3H3;4-7H,8-9H2,1-3H3;4-9H,1-3H3;4-8H,1-3H3;4-7H,1-3H3;6*1-2H3. The van der Waals surface area contributed by atoms with Crippen LogP contribution in [0.15, 0.2) is 175 Å². The van der Waals surface area contributed by atoms with Crippen molar-refractivity contribution in [3.63, 3.8) is 0 Å². The van der Waals surface area contributed by atoms with Crippen LogP contribution >= 0.6 is 0 Å². The minimum atomic E-state index is 0.0482. The van der Waals surface area contributed by atoms with Crippen LogP contribution in [-0.2, 0) is 35.8 Å². The summed E-state index contributed by atoms with van der Waals surface area (Å²) in [4.78, 5) is 5.01. The molecule has 7 nitrogen and oxygen atoms in total. The van der Waals surface area contributed by atoms with E-state index in [1.54, 1.807) is 0 Å². The second-order valence-corrected chi connectivity index (χ2v) is 27.5. The lowest BCUT2D eigenvalue weighted by atomic mass is 9.83. The normalized spacial score (nSPS) is 12.7. The molecule has 6 aromatic carbocycles. The van der Waals surface area contributed by atoms with Gasteiger partial charge in [0.05, 0.1) is 22.9 Å². The van der Waals surface area contributed by atoms with Gasteiger partial charge in [-0.15, -0.1) is 0 Å². The molecule has 1 aliphatic carbocycles. The summed E-state index contributed by atoms with van der Waals surface area (Å²) in [5.41, 5.74) is 15.8. The van der Waals surface area contributed by atoms with E-state index in [0.29, 0.717) is 0 Å². The highest BCUT2D eigenvalue weighted by Gasteiger charge is 2.29. The SMILES string of the molecule is CC.CC.CC.CC.CC.CC.CC(C)(C)C1=CCc2ccccc21.CC(C)(C)N1CCCc2ccccc21.CC(C)(C)N1CCc2ccccc21.CC(C)(C)c1noc2ccccc12.CC(C)(C)n1ccc2ccccc21.CC(C)(C)n1ncc2ccccc21. The first kappa shape index (κ1) is 82.2. The van der Waals surface area contributed by atoms with Gasteiger partial charge >= 0.3 is 0 Å². The van der Waals surface area contributed by atoms with Gasteiger partial charge < -0.3 is 18.9 Å². The van der Waals surface area contributed by atoms with Gasteiger partial charge in [-0.25, -0.2) is 0 Å². The van der Waals surface area contributed by atoms with E-state index in [1.807, 2.05) is 126 Å². The predicted molar refractivity (Wildman–Crippen MR) is 409 cm³/mol. The summed E-state index contributed by atoms with van der Waals surface area (Å²) in [6.07, 6.45) is 11.3. The molecule has 0 atom stereocenters. The van der Waals surface area contributed by atoms with Crippen molar-refractivity contribution in [2.75, 3.05) is 22.9 Å². The third kappa shape index (κ3) is 24.3. The number of hydrogen-bond acceptors (Lipinski definition) is 5. The molecule has 91 heavy (non-hydrogen) atoms. The Labute approximate surface area is 558 Å². The molecular weight excluding hydrogens is 1110 g/mol. The Morgan fingerprint density at radius 1 is 0.396 bits per heavy atom. The molecule has 3 aromatic heterocycles. The van der Waals surface area contributed by atoms with Gasteiger partial charge in [0, 0.05) is 69.0 Å². The third-order valence-electron chi connectivity index (χ3n) is 14.8. The molecule has 0 N–H and O–H groups in total. The fraction of sp³-hybridized carbons (Fsp3) is 0.500. The smallest absolute Gasteiger partial charge is 0.167 e. The summed E-state index contributed by atoms with van der Waals surface area (Å²) >= 11 is 0. The Morgan fingerprint density at radius 3 is 1.36 bits per heavy atom. The number of benzene rings is 6. The molecule has 9 aromatic rings. The topological polar surface area (TPSA) is 55.3 Å². The van der Waals surface area contributed by atoms with Gasteiger partial charge in [0.15, 0.2) is 5.58 Å². The summed E-state index contributed by atoms with van der Waals surface area (Å²) in [6.45, 7) is 66.4. The first-order valence-electron chi connectivity index (χ1n) is 34.9. The molecule has 0 saturated heterocycles. The van der Waals surface area contributed by atoms with Crippen LogP contribution in [-0.4, -0.2) is 43.7 Å². The number of allylic oxidation sites excluding steroid dienone is 2. The molecule has 0 radical (unpaired) electrons. The van der Waals surface area contributed by atoms with E-state index in [2.05, 4.69) is 281 Å². The average Bonchev–Trinajstić information content (AvgIpc) is 2.65. The quantitative estimate of drug-likeness (QED) is 0.151. The number of para-hydroxylation sites is 5. The van der Waals surface area contributed by atoms with Crippen LogP contribution in [0.1, 0.15) is 242 Å². The summed E-state index contributed by atoms with van der Waals surface area (Å²) in [5.74, 6) is 0. The Kier molecular flexibility index (Phi) is 35.1. The van der Waals surface area contributed by atoms with Crippen molar-refractivity contribution >= 4 is 49.7 Å². The monoisotopic (exact) mass is 1240 g/mol. The lowest BCUT2D eigenvalue weighted by Crippen LogP contribution is -2.44. The van der Waals surface area contributed by atoms with Crippen molar-refractivity contribution in [3.05, 3.63) is 198 Å². The largest absolute Gasteiger partial charge is 0.366 e. The van der Waals surface area contributed by atoms with E-state index >= 15 is 0 Å².